The van der Waals surface area contributed by atoms with Gasteiger partial charge in [0.25, 0.3) is 0 Å². The number of hydrogen-bond donors (Lipinski definition) is 1. The van der Waals surface area contributed by atoms with Crippen LogP contribution in [0, 0.1) is 15.9 Å². The standard InChI is InChI=1S/C12H14FN5O2/c1-7(2)11-12(14)15-16-17(11)6-8-3-4-10(18(19)20)9(13)5-8/h3-5,7H,6,14H2,1-2H3. The average molecular weight is 279 g/mol. The Kier molecular flexibility index (Phi) is 3.64. The lowest BCUT2D eigenvalue weighted by atomic mass is 10.1. The number of nitrogens with two attached hydrogens (primary N) is 1. The number of aromatic nitrogens is 3. The molecule has 2 rings (SSSR count). The molecular formula is C12H14FN5O2. The molecule has 1 aromatic carbocycles. The number of nitrogen functional groups attached to an aromatic ring is 1. The van der Waals surface area contributed by atoms with Crippen LogP contribution >= 0.6 is 0 Å². The van der Waals surface area contributed by atoms with Crippen LogP contribution in [0.25, 0.3) is 0 Å². The van der Waals surface area contributed by atoms with Crippen molar-refractivity contribution in [1.29, 1.82) is 0 Å². The fourth-order valence-corrected chi connectivity index (χ4v) is 2.01. The van der Waals surface area contributed by atoms with E-state index in [-0.39, 0.29) is 12.5 Å². The van der Waals surface area contributed by atoms with Crippen LogP contribution in [0.4, 0.5) is 15.9 Å². The Hall–Kier alpha value is -2.51. The first kappa shape index (κ1) is 13.9. The van der Waals surface area contributed by atoms with Gasteiger partial charge in [-0.25, -0.2) is 4.68 Å². The summed E-state index contributed by atoms with van der Waals surface area (Å²) in [6.45, 7) is 4.15. The zero-order chi connectivity index (χ0) is 14.9. The molecule has 106 valence electrons. The molecule has 1 heterocycles. The average Bonchev–Trinajstić information content (AvgIpc) is 2.70. The molecule has 0 aliphatic carbocycles. The number of rotatable bonds is 4. The Morgan fingerprint density at radius 1 is 1.50 bits per heavy atom. The van der Waals surface area contributed by atoms with E-state index in [0.717, 1.165) is 17.8 Å². The summed E-state index contributed by atoms with van der Waals surface area (Å²) >= 11 is 0. The fraction of sp³-hybridized carbons (Fsp3) is 0.333. The molecule has 0 atom stereocenters. The van der Waals surface area contributed by atoms with Gasteiger partial charge < -0.3 is 5.73 Å². The van der Waals surface area contributed by atoms with Crippen molar-refractivity contribution in [2.45, 2.75) is 26.3 Å². The number of nitro groups is 1. The van der Waals surface area contributed by atoms with Crippen molar-refractivity contribution in [2.24, 2.45) is 0 Å². The summed E-state index contributed by atoms with van der Waals surface area (Å²) in [6, 6.07) is 3.75. The van der Waals surface area contributed by atoms with Gasteiger partial charge in [0.1, 0.15) is 0 Å². The van der Waals surface area contributed by atoms with E-state index in [1.165, 1.54) is 6.07 Å². The monoisotopic (exact) mass is 279 g/mol. The summed E-state index contributed by atoms with van der Waals surface area (Å²) in [6.07, 6.45) is 0. The third kappa shape index (κ3) is 2.58. The van der Waals surface area contributed by atoms with Crippen LogP contribution in [0.5, 0.6) is 0 Å². The van der Waals surface area contributed by atoms with Crippen LogP contribution in [-0.2, 0) is 6.54 Å². The zero-order valence-electron chi connectivity index (χ0n) is 11.1. The van der Waals surface area contributed by atoms with E-state index in [9.17, 15) is 14.5 Å². The van der Waals surface area contributed by atoms with Crippen molar-refractivity contribution in [3.8, 4) is 0 Å². The molecule has 0 unspecified atom stereocenters. The maximum atomic E-state index is 13.6. The van der Waals surface area contributed by atoms with E-state index in [2.05, 4.69) is 10.3 Å². The largest absolute Gasteiger partial charge is 0.381 e. The van der Waals surface area contributed by atoms with Crippen molar-refractivity contribution in [3.05, 3.63) is 45.4 Å². The number of anilines is 1. The summed E-state index contributed by atoms with van der Waals surface area (Å²) < 4.78 is 15.1. The summed E-state index contributed by atoms with van der Waals surface area (Å²) in [5, 5.41) is 18.3. The molecule has 0 spiro atoms. The van der Waals surface area contributed by atoms with E-state index < -0.39 is 16.4 Å². The Balaban J connectivity index is 2.31. The maximum absolute atomic E-state index is 13.6. The Bertz CT molecular complexity index is 653. The predicted molar refractivity (Wildman–Crippen MR) is 70.7 cm³/mol. The van der Waals surface area contributed by atoms with Crippen LogP contribution < -0.4 is 5.73 Å². The topological polar surface area (TPSA) is 99.9 Å². The van der Waals surface area contributed by atoms with Gasteiger partial charge in [-0.1, -0.05) is 25.1 Å². The Morgan fingerprint density at radius 3 is 2.75 bits per heavy atom. The van der Waals surface area contributed by atoms with Gasteiger partial charge in [0.15, 0.2) is 5.82 Å². The van der Waals surface area contributed by atoms with Crippen molar-refractivity contribution in [3.63, 3.8) is 0 Å². The van der Waals surface area contributed by atoms with E-state index in [1.807, 2.05) is 13.8 Å². The number of nitro benzene ring substituents is 1. The lowest BCUT2D eigenvalue weighted by molar-refractivity contribution is -0.387. The first-order valence-electron chi connectivity index (χ1n) is 6.01. The lowest BCUT2D eigenvalue weighted by Crippen LogP contribution is -2.09. The molecule has 0 fully saturated rings. The van der Waals surface area contributed by atoms with Crippen LogP contribution in [0.15, 0.2) is 18.2 Å². The molecule has 0 aliphatic heterocycles. The number of hydrogen-bond acceptors (Lipinski definition) is 5. The minimum atomic E-state index is -0.869. The first-order valence-corrected chi connectivity index (χ1v) is 6.01. The molecular weight excluding hydrogens is 265 g/mol. The Labute approximate surface area is 114 Å². The number of halogens is 1. The highest BCUT2D eigenvalue weighted by Gasteiger charge is 2.17. The fourth-order valence-electron chi connectivity index (χ4n) is 2.01. The first-order chi connectivity index (χ1) is 9.40. The predicted octanol–water partition coefficient (Wildman–Crippen LogP) is 2.08. The second-order valence-electron chi connectivity index (χ2n) is 4.72. The van der Waals surface area contributed by atoms with E-state index in [0.29, 0.717) is 11.4 Å². The molecule has 0 saturated carbocycles. The molecule has 0 aliphatic rings. The van der Waals surface area contributed by atoms with Crippen LogP contribution in [-0.4, -0.2) is 19.9 Å². The van der Waals surface area contributed by atoms with Gasteiger partial charge in [0.05, 0.1) is 17.2 Å². The third-order valence-corrected chi connectivity index (χ3v) is 2.89. The second kappa shape index (κ2) is 5.24. The quantitative estimate of drug-likeness (QED) is 0.682. The summed E-state index contributed by atoms with van der Waals surface area (Å²) in [7, 11) is 0. The van der Waals surface area contributed by atoms with Crippen molar-refractivity contribution in [1.82, 2.24) is 15.0 Å². The normalized spacial score (nSPS) is 11.0. The summed E-state index contributed by atoms with van der Waals surface area (Å²) in [5.41, 5.74) is 6.50. The zero-order valence-corrected chi connectivity index (χ0v) is 11.1. The molecule has 20 heavy (non-hydrogen) atoms. The van der Waals surface area contributed by atoms with Crippen LogP contribution in [0.1, 0.15) is 31.0 Å². The smallest absolute Gasteiger partial charge is 0.304 e. The second-order valence-corrected chi connectivity index (χ2v) is 4.72. The van der Waals surface area contributed by atoms with Crippen LogP contribution in [0.2, 0.25) is 0 Å². The maximum Gasteiger partial charge on any atom is 0.304 e. The highest BCUT2D eigenvalue weighted by Crippen LogP contribution is 2.22. The van der Waals surface area contributed by atoms with Gasteiger partial charge in [-0.2, -0.15) is 4.39 Å². The minimum Gasteiger partial charge on any atom is -0.381 e. The van der Waals surface area contributed by atoms with E-state index in [4.69, 9.17) is 5.73 Å². The van der Waals surface area contributed by atoms with Gasteiger partial charge >= 0.3 is 5.69 Å². The van der Waals surface area contributed by atoms with Crippen molar-refractivity contribution in [2.75, 3.05) is 5.73 Å². The third-order valence-electron chi connectivity index (χ3n) is 2.89. The van der Waals surface area contributed by atoms with Crippen molar-refractivity contribution >= 4 is 11.5 Å². The van der Waals surface area contributed by atoms with Gasteiger partial charge in [-0.3, -0.25) is 10.1 Å². The number of nitrogens with zero attached hydrogens (tertiary/aromatic N) is 4. The van der Waals surface area contributed by atoms with Gasteiger partial charge in [-0.05, 0) is 17.5 Å². The minimum absolute atomic E-state index is 0.118. The SMILES string of the molecule is CC(C)c1c(N)nnn1Cc1ccc([N+](=O)[O-])c(F)c1. The molecule has 0 amide bonds. The Morgan fingerprint density at radius 2 is 2.20 bits per heavy atom. The van der Waals surface area contributed by atoms with E-state index >= 15 is 0 Å². The lowest BCUT2D eigenvalue weighted by Gasteiger charge is -2.09. The highest BCUT2D eigenvalue weighted by atomic mass is 19.1. The highest BCUT2D eigenvalue weighted by molar-refractivity contribution is 5.37. The number of benzene rings is 1. The molecule has 1 aromatic heterocycles. The molecule has 0 radical (unpaired) electrons. The van der Waals surface area contributed by atoms with Gasteiger partial charge in [-0.15, -0.1) is 5.10 Å². The summed E-state index contributed by atoms with van der Waals surface area (Å²) in [4.78, 5) is 9.80. The summed E-state index contributed by atoms with van der Waals surface area (Å²) in [5.74, 6) is -0.415. The molecule has 7 nitrogen and oxygen atoms in total. The van der Waals surface area contributed by atoms with Crippen LogP contribution in [0.3, 0.4) is 0 Å². The molecule has 0 bridgehead atoms. The molecule has 8 heteroatoms. The molecule has 2 aromatic rings. The van der Waals surface area contributed by atoms with Gasteiger partial charge in [0, 0.05) is 6.07 Å². The van der Waals surface area contributed by atoms with Gasteiger partial charge in [0.2, 0.25) is 5.82 Å². The molecule has 0 saturated heterocycles. The van der Waals surface area contributed by atoms with Crippen molar-refractivity contribution < 1.29 is 9.31 Å². The molecule has 2 N–H and O–H groups in total. The van der Waals surface area contributed by atoms with E-state index in [1.54, 1.807) is 4.68 Å².